The van der Waals surface area contributed by atoms with Gasteiger partial charge >= 0.3 is 0 Å². The Morgan fingerprint density at radius 1 is 1.22 bits per heavy atom. The van der Waals surface area contributed by atoms with E-state index in [2.05, 4.69) is 23.3 Å². The molecule has 0 atom stereocenters. The lowest BCUT2D eigenvalue weighted by molar-refractivity contribution is 1.48. The normalized spacial score (nSPS) is 16.9. The molecule has 0 saturated carbocycles. The standard InChI is InChI=1S/C9H6/c1-2-4-6-8-9-7-5-3-1/h1-3,8H,9H2/b3-1-,8-2?. The van der Waals surface area contributed by atoms with Crippen LogP contribution in [0.3, 0.4) is 0 Å². The first-order valence-electron chi connectivity index (χ1n) is 2.79. The summed E-state index contributed by atoms with van der Waals surface area (Å²) in [6.07, 6.45) is 8.06. The van der Waals surface area contributed by atoms with Gasteiger partial charge in [0.1, 0.15) is 0 Å². The molecular weight excluding hydrogens is 108 g/mol. The van der Waals surface area contributed by atoms with Crippen molar-refractivity contribution in [1.82, 2.24) is 0 Å². The van der Waals surface area contributed by atoms with E-state index >= 15 is 0 Å². The maximum absolute atomic E-state index is 2.91. The second kappa shape index (κ2) is 3.58. The average Bonchev–Trinajstić information content (AvgIpc) is 2.00. The molecule has 0 saturated heterocycles. The summed E-state index contributed by atoms with van der Waals surface area (Å²) in [5.41, 5.74) is 5.67. The molecule has 1 aliphatic rings. The molecule has 1 rings (SSSR count). The van der Waals surface area contributed by atoms with Crippen molar-refractivity contribution in [3.05, 3.63) is 35.8 Å². The minimum Gasteiger partial charge on any atom is -0.0937 e. The highest BCUT2D eigenvalue weighted by atomic mass is 13.7. The summed E-state index contributed by atoms with van der Waals surface area (Å²) >= 11 is 0. The van der Waals surface area contributed by atoms with Gasteiger partial charge in [0, 0.05) is 6.42 Å². The predicted octanol–water partition coefficient (Wildman–Crippen LogP) is 1.82. The Balaban J connectivity index is 2.90. The molecule has 0 fully saturated rings. The van der Waals surface area contributed by atoms with Crippen LogP contribution in [-0.2, 0) is 0 Å². The van der Waals surface area contributed by atoms with Crippen molar-refractivity contribution >= 4 is 0 Å². The molecule has 9 heavy (non-hydrogen) atoms. The van der Waals surface area contributed by atoms with Gasteiger partial charge in [-0.05, 0) is 24.3 Å². The Morgan fingerprint density at radius 3 is 3.22 bits per heavy atom. The van der Waals surface area contributed by atoms with E-state index in [0.29, 0.717) is 0 Å². The monoisotopic (exact) mass is 114 g/mol. The van der Waals surface area contributed by atoms with Crippen molar-refractivity contribution in [2.45, 2.75) is 6.42 Å². The Morgan fingerprint density at radius 2 is 2.22 bits per heavy atom. The highest BCUT2D eigenvalue weighted by Crippen LogP contribution is 1.80. The third-order valence-corrected chi connectivity index (χ3v) is 0.851. The lowest BCUT2D eigenvalue weighted by Gasteiger charge is -1.65. The maximum Gasteiger partial charge on any atom is 0.0354 e. The summed E-state index contributed by atoms with van der Waals surface area (Å²) in [6.45, 7) is 0. The Bertz CT molecular complexity index is 256. The summed E-state index contributed by atoms with van der Waals surface area (Å²) in [4.78, 5) is 0. The van der Waals surface area contributed by atoms with Crippen LogP contribution >= 0.6 is 0 Å². The van der Waals surface area contributed by atoms with Crippen molar-refractivity contribution in [3.63, 3.8) is 0 Å². The van der Waals surface area contributed by atoms with Gasteiger partial charge in [0.05, 0.1) is 0 Å². The van der Waals surface area contributed by atoms with Crippen LogP contribution < -0.4 is 0 Å². The SMILES string of the molecule is C1=C=CCC#C/C=C\C=1. The Kier molecular flexibility index (Phi) is 2.28. The number of allylic oxidation sites excluding steroid dienone is 4. The Labute approximate surface area is 54.9 Å². The van der Waals surface area contributed by atoms with E-state index in [0.717, 1.165) is 6.42 Å². The molecule has 0 bridgehead atoms. The predicted molar refractivity (Wildman–Crippen MR) is 37.7 cm³/mol. The van der Waals surface area contributed by atoms with E-state index in [9.17, 15) is 0 Å². The van der Waals surface area contributed by atoms with E-state index < -0.39 is 0 Å². The highest BCUT2D eigenvalue weighted by molar-refractivity contribution is 5.21. The van der Waals surface area contributed by atoms with E-state index in [1.807, 2.05) is 12.2 Å². The van der Waals surface area contributed by atoms with Crippen molar-refractivity contribution in [3.8, 4) is 11.8 Å². The zero-order chi connectivity index (χ0) is 6.36. The first-order chi connectivity index (χ1) is 4.50. The number of hydrogen-bond donors (Lipinski definition) is 0. The summed E-state index contributed by atoms with van der Waals surface area (Å²) < 4.78 is 0. The molecule has 0 nitrogen and oxygen atoms in total. The van der Waals surface area contributed by atoms with Crippen LogP contribution in [0, 0.1) is 11.8 Å². The molecule has 42 valence electrons. The molecule has 0 amide bonds. The van der Waals surface area contributed by atoms with Gasteiger partial charge in [0.25, 0.3) is 0 Å². The molecule has 0 aromatic carbocycles. The van der Waals surface area contributed by atoms with Crippen molar-refractivity contribution in [2.75, 3.05) is 0 Å². The lowest BCUT2D eigenvalue weighted by atomic mass is 10.4. The molecule has 0 aromatic heterocycles. The highest BCUT2D eigenvalue weighted by Gasteiger charge is 1.65. The van der Waals surface area contributed by atoms with Gasteiger partial charge in [-0.3, -0.25) is 0 Å². The van der Waals surface area contributed by atoms with E-state index in [1.54, 1.807) is 12.2 Å². The summed E-state index contributed by atoms with van der Waals surface area (Å²) in [5, 5.41) is 0. The van der Waals surface area contributed by atoms with Gasteiger partial charge in [-0.15, -0.1) is 0 Å². The van der Waals surface area contributed by atoms with Crippen LogP contribution in [0.2, 0.25) is 0 Å². The molecule has 0 aromatic rings. The summed E-state index contributed by atoms with van der Waals surface area (Å²) in [5.74, 6) is 5.77. The van der Waals surface area contributed by atoms with Crippen LogP contribution in [0.5, 0.6) is 0 Å². The molecule has 0 heterocycles. The van der Waals surface area contributed by atoms with E-state index in [-0.39, 0.29) is 0 Å². The lowest BCUT2D eigenvalue weighted by Crippen LogP contribution is -1.53. The largest absolute Gasteiger partial charge is 0.0937 e. The zero-order valence-electron chi connectivity index (χ0n) is 5.02. The molecule has 0 N–H and O–H groups in total. The second-order valence-electron chi connectivity index (χ2n) is 1.54. The average molecular weight is 114 g/mol. The van der Waals surface area contributed by atoms with Crippen LogP contribution in [0.25, 0.3) is 0 Å². The fourth-order valence-electron chi connectivity index (χ4n) is 0.471. The van der Waals surface area contributed by atoms with E-state index in [1.165, 1.54) is 0 Å². The first kappa shape index (κ1) is 5.73. The van der Waals surface area contributed by atoms with Gasteiger partial charge in [0.15, 0.2) is 0 Å². The second-order valence-corrected chi connectivity index (χ2v) is 1.54. The number of hydrogen-bond acceptors (Lipinski definition) is 0. The molecule has 0 aliphatic heterocycles. The van der Waals surface area contributed by atoms with Crippen LogP contribution in [0.4, 0.5) is 0 Å². The Hall–Kier alpha value is -1.40. The smallest absolute Gasteiger partial charge is 0.0354 e. The molecule has 0 radical (unpaired) electrons. The fraction of sp³-hybridized carbons (Fsp3) is 0.111. The zero-order valence-corrected chi connectivity index (χ0v) is 5.02. The fourth-order valence-corrected chi connectivity index (χ4v) is 0.471. The van der Waals surface area contributed by atoms with Gasteiger partial charge in [0.2, 0.25) is 0 Å². The van der Waals surface area contributed by atoms with Crippen LogP contribution in [0.1, 0.15) is 6.42 Å². The van der Waals surface area contributed by atoms with Gasteiger partial charge in [-0.2, -0.15) is 0 Å². The first-order valence-corrected chi connectivity index (χ1v) is 2.79. The quantitative estimate of drug-likeness (QED) is 0.333. The van der Waals surface area contributed by atoms with Gasteiger partial charge in [-0.25, -0.2) is 0 Å². The molecule has 0 heteroatoms. The minimum absolute atomic E-state index is 0.769. The van der Waals surface area contributed by atoms with Gasteiger partial charge in [-0.1, -0.05) is 23.3 Å². The molecule has 1 aliphatic carbocycles. The summed E-state index contributed by atoms with van der Waals surface area (Å²) in [7, 11) is 0. The minimum atomic E-state index is 0.769. The van der Waals surface area contributed by atoms with Crippen LogP contribution in [-0.4, -0.2) is 0 Å². The molecule has 0 unspecified atom stereocenters. The third kappa shape index (κ3) is 2.42. The topological polar surface area (TPSA) is 0 Å². The number of rotatable bonds is 0. The molecule has 0 spiro atoms. The molecular formula is C9H6. The van der Waals surface area contributed by atoms with Gasteiger partial charge < -0.3 is 0 Å². The van der Waals surface area contributed by atoms with Crippen LogP contribution in [0.15, 0.2) is 35.8 Å². The maximum atomic E-state index is 2.91. The van der Waals surface area contributed by atoms with Crippen molar-refractivity contribution < 1.29 is 0 Å². The van der Waals surface area contributed by atoms with Crippen molar-refractivity contribution in [2.24, 2.45) is 0 Å². The third-order valence-electron chi connectivity index (χ3n) is 0.851. The van der Waals surface area contributed by atoms with E-state index in [4.69, 9.17) is 0 Å². The summed E-state index contributed by atoms with van der Waals surface area (Å²) in [6, 6.07) is 0. The van der Waals surface area contributed by atoms with Crippen molar-refractivity contribution in [1.29, 1.82) is 0 Å².